The molecule has 0 radical (unpaired) electrons. The van der Waals surface area contributed by atoms with E-state index in [9.17, 15) is 18.0 Å². The summed E-state index contributed by atoms with van der Waals surface area (Å²) in [6.07, 6.45) is -2.22. The Labute approximate surface area is 166 Å². The summed E-state index contributed by atoms with van der Waals surface area (Å²) in [4.78, 5) is 15.7. The number of thiophene rings is 1. The molecule has 1 aromatic carbocycles. The third kappa shape index (κ3) is 3.57. The average molecular weight is 419 g/mol. The normalized spacial score (nSPS) is 26.6. The highest BCUT2D eigenvalue weighted by atomic mass is 35.5. The minimum Gasteiger partial charge on any atom is -0.346 e. The number of piperidine rings is 3. The van der Waals surface area contributed by atoms with Crippen LogP contribution in [0.1, 0.15) is 41.9 Å². The molecule has 27 heavy (non-hydrogen) atoms. The van der Waals surface area contributed by atoms with Crippen LogP contribution >= 0.6 is 23.7 Å². The summed E-state index contributed by atoms with van der Waals surface area (Å²) in [5, 5.41) is 3.84. The van der Waals surface area contributed by atoms with Crippen molar-refractivity contribution in [2.75, 3.05) is 13.1 Å². The van der Waals surface area contributed by atoms with Crippen molar-refractivity contribution < 1.29 is 18.0 Å². The Balaban J connectivity index is 0.00000210. The lowest BCUT2D eigenvalue weighted by molar-refractivity contribution is -0.137. The van der Waals surface area contributed by atoms with E-state index in [1.54, 1.807) is 6.07 Å². The van der Waals surface area contributed by atoms with Gasteiger partial charge in [-0.05, 0) is 69.3 Å². The Morgan fingerprint density at radius 2 is 1.89 bits per heavy atom. The van der Waals surface area contributed by atoms with Gasteiger partial charge in [-0.3, -0.25) is 9.69 Å². The van der Waals surface area contributed by atoms with Gasteiger partial charge in [0.2, 0.25) is 0 Å². The smallest absolute Gasteiger partial charge is 0.346 e. The third-order valence-corrected chi connectivity index (χ3v) is 7.04. The first-order valence-electron chi connectivity index (χ1n) is 8.83. The summed E-state index contributed by atoms with van der Waals surface area (Å²) in [5.41, 5.74) is -0.783. The number of fused-ring (bicyclic) bond motifs is 4. The van der Waals surface area contributed by atoms with Crippen molar-refractivity contribution in [1.29, 1.82) is 0 Å². The second-order valence-electron chi connectivity index (χ2n) is 7.79. The molecule has 3 saturated heterocycles. The van der Waals surface area contributed by atoms with Crippen molar-refractivity contribution in [3.8, 4) is 0 Å². The van der Waals surface area contributed by atoms with Gasteiger partial charge in [-0.15, -0.1) is 23.7 Å². The van der Waals surface area contributed by atoms with Crippen molar-refractivity contribution in [1.82, 2.24) is 10.2 Å². The van der Waals surface area contributed by atoms with Crippen LogP contribution in [0, 0.1) is 5.92 Å². The highest BCUT2D eigenvalue weighted by Crippen LogP contribution is 2.39. The first-order chi connectivity index (χ1) is 12.2. The molecule has 3 fully saturated rings. The summed E-state index contributed by atoms with van der Waals surface area (Å²) in [5.74, 6) is 0.275. The van der Waals surface area contributed by atoms with E-state index >= 15 is 0 Å². The second-order valence-corrected chi connectivity index (χ2v) is 8.87. The van der Waals surface area contributed by atoms with Crippen LogP contribution in [-0.2, 0) is 6.18 Å². The number of halogens is 4. The Bertz CT molecular complexity index is 856. The predicted octanol–water partition coefficient (Wildman–Crippen LogP) is 4.94. The van der Waals surface area contributed by atoms with E-state index in [-0.39, 0.29) is 29.9 Å². The van der Waals surface area contributed by atoms with Crippen LogP contribution in [0.4, 0.5) is 13.2 Å². The van der Waals surface area contributed by atoms with Crippen molar-refractivity contribution in [3.05, 3.63) is 34.7 Å². The van der Waals surface area contributed by atoms with E-state index in [4.69, 9.17) is 0 Å². The number of carbonyl (C=O) groups excluding carboxylic acids is 1. The molecule has 1 unspecified atom stereocenters. The van der Waals surface area contributed by atoms with Gasteiger partial charge in [0.15, 0.2) is 0 Å². The molecule has 8 heteroatoms. The highest BCUT2D eigenvalue weighted by molar-refractivity contribution is 7.20. The standard InChI is InChI=1S/C19H21F3N2OS.ClH/c1-18(2)16(11-5-7-24(18)8-6-11)23-17(25)15-9-12-3-4-13(19(20,21)22)10-14(12)26-15;/h3-4,9-11,16H,5-8H2,1-2H3,(H,23,25);1H. The quantitative estimate of drug-likeness (QED) is 0.748. The molecule has 3 aliphatic rings. The zero-order valence-corrected chi connectivity index (χ0v) is 16.7. The maximum absolute atomic E-state index is 12.9. The van der Waals surface area contributed by atoms with Crippen molar-refractivity contribution in [2.45, 2.75) is 44.4 Å². The molecule has 0 spiro atoms. The minimum absolute atomic E-state index is 0. The highest BCUT2D eigenvalue weighted by Gasteiger charge is 2.48. The number of nitrogens with one attached hydrogen (secondary N) is 1. The number of nitrogens with zero attached hydrogens (tertiary/aromatic N) is 1. The minimum atomic E-state index is -4.37. The molecule has 0 aliphatic carbocycles. The van der Waals surface area contributed by atoms with E-state index < -0.39 is 11.7 Å². The lowest BCUT2D eigenvalue weighted by atomic mass is 9.72. The molecule has 4 heterocycles. The molecule has 0 saturated carbocycles. The van der Waals surface area contributed by atoms with Crippen molar-refractivity contribution in [3.63, 3.8) is 0 Å². The predicted molar refractivity (Wildman–Crippen MR) is 104 cm³/mol. The molecule has 1 aromatic heterocycles. The SMILES string of the molecule is CC1(C)C(NC(=O)c2cc3ccc(C(F)(F)F)cc3s2)C2CCN1CC2.Cl. The van der Waals surface area contributed by atoms with Crippen LogP contribution in [0.3, 0.4) is 0 Å². The molecule has 2 bridgehead atoms. The number of hydrogen-bond donors (Lipinski definition) is 1. The van der Waals surface area contributed by atoms with Crippen LogP contribution in [0.15, 0.2) is 24.3 Å². The van der Waals surface area contributed by atoms with Gasteiger partial charge in [0.25, 0.3) is 5.91 Å². The summed E-state index contributed by atoms with van der Waals surface area (Å²) < 4.78 is 39.1. The van der Waals surface area contributed by atoms with Gasteiger partial charge in [-0.1, -0.05) is 6.07 Å². The molecule has 5 rings (SSSR count). The van der Waals surface area contributed by atoms with Gasteiger partial charge in [-0.2, -0.15) is 13.2 Å². The number of carbonyl (C=O) groups is 1. The summed E-state index contributed by atoms with van der Waals surface area (Å²) in [6.45, 7) is 6.44. The number of hydrogen-bond acceptors (Lipinski definition) is 3. The van der Waals surface area contributed by atoms with Crippen LogP contribution in [-0.4, -0.2) is 35.5 Å². The zero-order valence-electron chi connectivity index (χ0n) is 15.1. The summed E-state index contributed by atoms with van der Waals surface area (Å²) >= 11 is 1.12. The molecule has 3 aliphatic heterocycles. The van der Waals surface area contributed by atoms with Gasteiger partial charge in [0.05, 0.1) is 10.4 Å². The fraction of sp³-hybridized carbons (Fsp3) is 0.526. The first-order valence-corrected chi connectivity index (χ1v) is 9.64. The lowest BCUT2D eigenvalue weighted by Crippen LogP contribution is -2.69. The van der Waals surface area contributed by atoms with E-state index in [1.807, 2.05) is 0 Å². The first kappa shape index (κ1) is 20.4. The van der Waals surface area contributed by atoms with E-state index in [2.05, 4.69) is 24.1 Å². The maximum Gasteiger partial charge on any atom is 0.416 e. The fourth-order valence-corrected chi connectivity index (χ4v) is 5.41. The molecule has 2 aromatic rings. The van der Waals surface area contributed by atoms with Crippen LogP contribution in [0.2, 0.25) is 0 Å². The van der Waals surface area contributed by atoms with Crippen LogP contribution in [0.5, 0.6) is 0 Å². The maximum atomic E-state index is 12.9. The molecule has 148 valence electrons. The number of rotatable bonds is 2. The Kier molecular flexibility index (Phi) is 5.25. The van der Waals surface area contributed by atoms with Crippen molar-refractivity contribution in [2.24, 2.45) is 5.92 Å². The monoisotopic (exact) mass is 418 g/mol. The summed E-state index contributed by atoms with van der Waals surface area (Å²) in [6, 6.07) is 5.36. The molecule has 1 N–H and O–H groups in total. The second kappa shape index (κ2) is 6.94. The van der Waals surface area contributed by atoms with Gasteiger partial charge < -0.3 is 5.32 Å². The number of benzene rings is 1. The Morgan fingerprint density at radius 3 is 2.48 bits per heavy atom. The van der Waals surface area contributed by atoms with E-state index in [0.717, 1.165) is 49.4 Å². The topological polar surface area (TPSA) is 32.3 Å². The molecule has 1 atom stereocenters. The van der Waals surface area contributed by atoms with Gasteiger partial charge in [0.1, 0.15) is 0 Å². The Morgan fingerprint density at radius 1 is 1.22 bits per heavy atom. The van der Waals surface area contributed by atoms with Gasteiger partial charge >= 0.3 is 6.18 Å². The van der Waals surface area contributed by atoms with Crippen molar-refractivity contribution >= 4 is 39.7 Å². The van der Waals surface area contributed by atoms with Crippen LogP contribution in [0.25, 0.3) is 10.1 Å². The lowest BCUT2D eigenvalue weighted by Gasteiger charge is -2.56. The third-order valence-electron chi connectivity index (χ3n) is 5.94. The zero-order chi connectivity index (χ0) is 18.7. The number of alkyl halides is 3. The molecular formula is C19H22ClF3N2OS. The van der Waals surface area contributed by atoms with Gasteiger partial charge in [-0.25, -0.2) is 0 Å². The average Bonchev–Trinajstić information content (AvgIpc) is 3.01. The Hall–Kier alpha value is -1.31. The van der Waals surface area contributed by atoms with E-state index in [1.165, 1.54) is 6.07 Å². The molecular weight excluding hydrogens is 397 g/mol. The van der Waals surface area contributed by atoms with Gasteiger partial charge in [0, 0.05) is 16.3 Å². The fourth-order valence-electron chi connectivity index (χ4n) is 4.41. The van der Waals surface area contributed by atoms with Crippen LogP contribution < -0.4 is 5.32 Å². The van der Waals surface area contributed by atoms with E-state index in [0.29, 0.717) is 20.9 Å². The molecule has 3 nitrogen and oxygen atoms in total. The molecule has 1 amide bonds. The summed E-state index contributed by atoms with van der Waals surface area (Å²) in [7, 11) is 0. The largest absolute Gasteiger partial charge is 0.416 e. The number of amides is 1.